The molecular formula is C14H16N6O2. The molecule has 0 aliphatic carbocycles. The van der Waals surface area contributed by atoms with Crippen molar-refractivity contribution < 1.29 is 9.59 Å². The van der Waals surface area contributed by atoms with E-state index in [0.29, 0.717) is 6.54 Å². The van der Waals surface area contributed by atoms with Crippen LogP contribution in [0.1, 0.15) is 5.56 Å². The third-order valence-electron chi connectivity index (χ3n) is 3.78. The number of amides is 3. The summed E-state index contributed by atoms with van der Waals surface area (Å²) in [7, 11) is 3.10. The van der Waals surface area contributed by atoms with Crippen molar-refractivity contribution in [2.45, 2.75) is 12.2 Å². The first-order chi connectivity index (χ1) is 10.6. The van der Waals surface area contributed by atoms with E-state index in [-0.39, 0.29) is 11.9 Å². The molecule has 2 N–H and O–H groups in total. The Morgan fingerprint density at radius 1 is 1.32 bits per heavy atom. The molecule has 1 atom stereocenters. The van der Waals surface area contributed by atoms with E-state index in [9.17, 15) is 9.59 Å². The highest BCUT2D eigenvalue weighted by molar-refractivity contribution is 6.22. The van der Waals surface area contributed by atoms with Crippen LogP contribution < -0.4 is 10.7 Å². The molecule has 1 saturated heterocycles. The number of hydrogen-bond acceptors (Lipinski definition) is 5. The second kappa shape index (κ2) is 5.14. The quantitative estimate of drug-likeness (QED) is 0.819. The highest BCUT2D eigenvalue weighted by Crippen LogP contribution is 2.29. The van der Waals surface area contributed by atoms with Crippen molar-refractivity contribution in [3.63, 3.8) is 0 Å². The number of hydrogen-bond donors (Lipinski definition) is 2. The average molecular weight is 300 g/mol. The molecule has 0 radical (unpaired) electrons. The Morgan fingerprint density at radius 3 is 2.77 bits per heavy atom. The molecule has 2 heterocycles. The number of aliphatic imine (C=N–C) groups is 1. The average Bonchev–Trinajstić information content (AvgIpc) is 2.76. The second-order valence-electron chi connectivity index (χ2n) is 5.06. The molecule has 0 bridgehead atoms. The molecule has 1 aromatic rings. The highest BCUT2D eigenvalue weighted by Gasteiger charge is 2.59. The Labute approximate surface area is 127 Å². The van der Waals surface area contributed by atoms with Crippen molar-refractivity contribution in [1.82, 2.24) is 20.5 Å². The summed E-state index contributed by atoms with van der Waals surface area (Å²) in [6.45, 7) is 0.351. The lowest BCUT2D eigenvalue weighted by Gasteiger charge is -2.30. The predicted molar refractivity (Wildman–Crippen MR) is 81.0 cm³/mol. The van der Waals surface area contributed by atoms with Gasteiger partial charge < -0.3 is 5.32 Å². The standard InChI is InChI=1S/C14H16N6O2/c1-19-11-14(16-9-17-18-11,20(2)13(19)22)12(21)15-8-10-6-4-3-5-7-10/h3-7,9H,8H2,1-2H3,(H,15,21)(H,16,17)/t14-/m1/s1. The van der Waals surface area contributed by atoms with Crippen LogP contribution in [0.15, 0.2) is 40.4 Å². The number of fused-ring (bicyclic) bond motifs is 1. The fourth-order valence-corrected chi connectivity index (χ4v) is 2.56. The minimum atomic E-state index is -1.45. The summed E-state index contributed by atoms with van der Waals surface area (Å²) in [4.78, 5) is 31.7. The van der Waals surface area contributed by atoms with Crippen molar-refractivity contribution >= 4 is 24.1 Å². The van der Waals surface area contributed by atoms with E-state index < -0.39 is 11.6 Å². The van der Waals surface area contributed by atoms with Crippen LogP contribution in [0.3, 0.4) is 0 Å². The number of carbonyl (C=O) groups excluding carboxylic acids is 2. The van der Waals surface area contributed by atoms with Gasteiger partial charge in [0.25, 0.3) is 11.6 Å². The molecule has 0 spiro atoms. The molecule has 0 unspecified atom stereocenters. The normalized spacial score (nSPS) is 23.0. The van der Waals surface area contributed by atoms with Crippen molar-refractivity contribution in [2.75, 3.05) is 14.1 Å². The molecule has 1 aromatic carbocycles. The van der Waals surface area contributed by atoms with Crippen molar-refractivity contribution in [3.05, 3.63) is 35.9 Å². The second-order valence-corrected chi connectivity index (χ2v) is 5.06. The van der Waals surface area contributed by atoms with Gasteiger partial charge in [0.1, 0.15) is 6.34 Å². The number of rotatable bonds is 3. The van der Waals surface area contributed by atoms with Gasteiger partial charge in [-0.05, 0) is 5.56 Å². The molecule has 1 fully saturated rings. The summed E-state index contributed by atoms with van der Waals surface area (Å²) in [5.74, 6) is -0.138. The van der Waals surface area contributed by atoms with Gasteiger partial charge in [0.2, 0.25) is 0 Å². The smallest absolute Gasteiger partial charge is 0.327 e. The summed E-state index contributed by atoms with van der Waals surface area (Å²) in [5.41, 5.74) is 2.09. The minimum Gasteiger partial charge on any atom is -0.348 e. The SMILES string of the molecule is CN1C(=O)N(C)[C@]2(C(=O)NCc3ccccc3)N=CNN=C12. The lowest BCUT2D eigenvalue weighted by molar-refractivity contribution is -0.127. The number of benzene rings is 1. The Kier molecular flexibility index (Phi) is 3.28. The third-order valence-corrected chi connectivity index (χ3v) is 3.78. The van der Waals surface area contributed by atoms with Gasteiger partial charge in [-0.3, -0.25) is 20.0 Å². The Morgan fingerprint density at radius 2 is 2.05 bits per heavy atom. The molecule has 22 heavy (non-hydrogen) atoms. The molecule has 8 nitrogen and oxygen atoms in total. The number of nitrogens with zero attached hydrogens (tertiary/aromatic N) is 4. The van der Waals surface area contributed by atoms with Gasteiger partial charge in [-0.25, -0.2) is 9.79 Å². The summed E-state index contributed by atoms with van der Waals surface area (Å²) in [6.07, 6.45) is 1.31. The Hall–Kier alpha value is -2.90. The van der Waals surface area contributed by atoms with Gasteiger partial charge in [-0.2, -0.15) is 5.10 Å². The van der Waals surface area contributed by atoms with Crippen LogP contribution in [0.4, 0.5) is 4.79 Å². The first-order valence-corrected chi connectivity index (χ1v) is 6.78. The van der Waals surface area contributed by atoms with Crippen LogP contribution in [0.5, 0.6) is 0 Å². The zero-order valence-electron chi connectivity index (χ0n) is 12.3. The number of carbonyl (C=O) groups is 2. The Balaban J connectivity index is 1.86. The molecule has 114 valence electrons. The molecule has 0 saturated carbocycles. The van der Waals surface area contributed by atoms with Crippen molar-refractivity contribution in [1.29, 1.82) is 0 Å². The topological polar surface area (TPSA) is 89.4 Å². The van der Waals surface area contributed by atoms with Crippen LogP contribution in [0.2, 0.25) is 0 Å². The molecule has 3 amide bonds. The number of likely N-dealkylation sites (N-methyl/N-ethyl adjacent to an activating group) is 2. The first-order valence-electron chi connectivity index (χ1n) is 6.78. The van der Waals surface area contributed by atoms with Gasteiger partial charge in [-0.15, -0.1) is 0 Å². The molecule has 3 rings (SSSR count). The van der Waals surface area contributed by atoms with E-state index in [1.54, 1.807) is 7.05 Å². The predicted octanol–water partition coefficient (Wildman–Crippen LogP) is -0.0587. The highest BCUT2D eigenvalue weighted by atomic mass is 16.2. The first kappa shape index (κ1) is 14.1. The van der Waals surface area contributed by atoms with E-state index in [4.69, 9.17) is 0 Å². The van der Waals surface area contributed by atoms with Crippen LogP contribution >= 0.6 is 0 Å². The molecule has 0 aromatic heterocycles. The van der Waals surface area contributed by atoms with Crippen molar-refractivity contribution in [2.24, 2.45) is 10.1 Å². The lowest BCUT2D eigenvalue weighted by Crippen LogP contribution is -2.59. The maximum absolute atomic E-state index is 12.7. The zero-order valence-corrected chi connectivity index (χ0v) is 12.3. The van der Waals surface area contributed by atoms with E-state index in [0.717, 1.165) is 5.56 Å². The van der Waals surface area contributed by atoms with Gasteiger partial charge >= 0.3 is 6.03 Å². The summed E-state index contributed by atoms with van der Waals surface area (Å²) < 4.78 is 0. The largest absolute Gasteiger partial charge is 0.348 e. The van der Waals surface area contributed by atoms with E-state index in [2.05, 4.69) is 20.8 Å². The molecule has 2 aliphatic heterocycles. The maximum Gasteiger partial charge on any atom is 0.327 e. The summed E-state index contributed by atoms with van der Waals surface area (Å²) in [6, 6.07) is 9.18. The van der Waals surface area contributed by atoms with Crippen LogP contribution in [0.25, 0.3) is 0 Å². The van der Waals surface area contributed by atoms with Crippen LogP contribution in [0, 0.1) is 0 Å². The monoisotopic (exact) mass is 300 g/mol. The zero-order chi connectivity index (χ0) is 15.7. The number of hydrazone groups is 1. The molecule has 2 aliphatic rings. The number of urea groups is 1. The lowest BCUT2D eigenvalue weighted by atomic mass is 10.1. The van der Waals surface area contributed by atoms with E-state index in [1.165, 1.54) is 23.2 Å². The molecule has 8 heteroatoms. The van der Waals surface area contributed by atoms with E-state index >= 15 is 0 Å². The van der Waals surface area contributed by atoms with Crippen molar-refractivity contribution in [3.8, 4) is 0 Å². The third kappa shape index (κ3) is 1.92. The van der Waals surface area contributed by atoms with Gasteiger partial charge in [-0.1, -0.05) is 30.3 Å². The van der Waals surface area contributed by atoms with Gasteiger partial charge in [0.05, 0.1) is 0 Å². The Bertz CT molecular complexity index is 671. The summed E-state index contributed by atoms with van der Waals surface area (Å²) >= 11 is 0. The number of amidine groups is 1. The summed E-state index contributed by atoms with van der Waals surface area (Å²) in [5, 5.41) is 6.86. The fourth-order valence-electron chi connectivity index (χ4n) is 2.56. The van der Waals surface area contributed by atoms with Gasteiger partial charge in [0, 0.05) is 20.6 Å². The number of nitrogens with one attached hydrogen (secondary N) is 2. The molecular weight excluding hydrogens is 284 g/mol. The maximum atomic E-state index is 12.7. The van der Waals surface area contributed by atoms with Crippen LogP contribution in [-0.4, -0.2) is 53.7 Å². The van der Waals surface area contributed by atoms with Crippen LogP contribution in [-0.2, 0) is 11.3 Å². The van der Waals surface area contributed by atoms with E-state index in [1.807, 2.05) is 30.3 Å². The minimum absolute atomic E-state index is 0.257. The van der Waals surface area contributed by atoms with Gasteiger partial charge in [0.15, 0.2) is 5.84 Å². The fraction of sp³-hybridized carbons (Fsp3) is 0.286.